The Morgan fingerprint density at radius 1 is 1.03 bits per heavy atom. The molecule has 1 unspecified atom stereocenters. The van der Waals surface area contributed by atoms with E-state index in [2.05, 4.69) is 5.32 Å². The molecule has 2 aromatic rings. The lowest BCUT2D eigenvalue weighted by atomic mass is 10.0. The summed E-state index contributed by atoms with van der Waals surface area (Å²) in [5.74, 6) is -1.11. The fourth-order valence-corrected chi connectivity index (χ4v) is 5.05. The Labute approximate surface area is 171 Å². The van der Waals surface area contributed by atoms with E-state index in [0.29, 0.717) is 16.4 Å². The zero-order valence-electron chi connectivity index (χ0n) is 16.7. The Morgan fingerprint density at radius 3 is 2.28 bits per heavy atom. The Balaban J connectivity index is 1.71. The van der Waals surface area contributed by atoms with Crippen molar-refractivity contribution < 1.29 is 18.0 Å². The van der Waals surface area contributed by atoms with E-state index < -0.39 is 28.4 Å². The second-order valence-corrected chi connectivity index (χ2v) is 9.05. The van der Waals surface area contributed by atoms with Gasteiger partial charge in [0, 0.05) is 12.1 Å². The van der Waals surface area contributed by atoms with Gasteiger partial charge in [0.15, 0.2) is 0 Å². The topological polar surface area (TPSA) is 83.6 Å². The molecular weight excluding hydrogens is 388 g/mol. The van der Waals surface area contributed by atoms with Gasteiger partial charge in [-0.1, -0.05) is 67.1 Å². The SMILES string of the molecule is CC1=C(c2ccc(C)cc2)S(=O)(=O)N(CC(=O)NCC(C)c2ccccc2)C1=O. The van der Waals surface area contributed by atoms with Crippen LogP contribution in [0.15, 0.2) is 60.2 Å². The first-order chi connectivity index (χ1) is 13.7. The number of nitrogens with zero attached hydrogens (tertiary/aromatic N) is 1. The van der Waals surface area contributed by atoms with Gasteiger partial charge in [-0.05, 0) is 30.9 Å². The number of hydrogen-bond donors (Lipinski definition) is 1. The summed E-state index contributed by atoms with van der Waals surface area (Å²) in [6, 6.07) is 16.6. The highest BCUT2D eigenvalue weighted by molar-refractivity contribution is 7.99. The molecule has 152 valence electrons. The maximum atomic E-state index is 13.0. The van der Waals surface area contributed by atoms with Crippen molar-refractivity contribution in [1.82, 2.24) is 9.62 Å². The van der Waals surface area contributed by atoms with Crippen molar-refractivity contribution in [3.8, 4) is 0 Å². The lowest BCUT2D eigenvalue weighted by Crippen LogP contribution is -2.41. The molecule has 3 rings (SSSR count). The van der Waals surface area contributed by atoms with Crippen LogP contribution in [0.5, 0.6) is 0 Å². The smallest absolute Gasteiger partial charge is 0.268 e. The summed E-state index contributed by atoms with van der Waals surface area (Å²) in [4.78, 5) is 24.9. The zero-order valence-corrected chi connectivity index (χ0v) is 17.5. The lowest BCUT2D eigenvalue weighted by molar-refractivity contribution is -0.128. The number of hydrogen-bond acceptors (Lipinski definition) is 4. The summed E-state index contributed by atoms with van der Waals surface area (Å²) < 4.78 is 26.6. The van der Waals surface area contributed by atoms with Crippen LogP contribution in [-0.4, -0.2) is 37.6 Å². The van der Waals surface area contributed by atoms with Crippen molar-refractivity contribution in [3.05, 3.63) is 76.9 Å². The quantitative estimate of drug-likeness (QED) is 0.791. The number of carbonyl (C=O) groups excluding carboxylic acids is 2. The molecule has 0 fully saturated rings. The molecule has 0 spiro atoms. The lowest BCUT2D eigenvalue weighted by Gasteiger charge is -2.18. The number of carbonyl (C=O) groups is 2. The molecule has 7 heteroatoms. The number of benzene rings is 2. The third-order valence-electron chi connectivity index (χ3n) is 5.01. The fraction of sp³-hybridized carbons (Fsp3) is 0.273. The van der Waals surface area contributed by atoms with Crippen LogP contribution in [0, 0.1) is 6.92 Å². The molecule has 1 aliphatic rings. The van der Waals surface area contributed by atoms with Gasteiger partial charge >= 0.3 is 0 Å². The maximum absolute atomic E-state index is 13.0. The van der Waals surface area contributed by atoms with Crippen molar-refractivity contribution in [2.45, 2.75) is 26.7 Å². The van der Waals surface area contributed by atoms with E-state index in [-0.39, 0.29) is 16.4 Å². The molecule has 0 aliphatic carbocycles. The highest BCUT2D eigenvalue weighted by Crippen LogP contribution is 2.35. The van der Waals surface area contributed by atoms with Gasteiger partial charge in [-0.25, -0.2) is 12.7 Å². The molecule has 0 saturated heterocycles. The Kier molecular flexibility index (Phi) is 5.88. The summed E-state index contributed by atoms with van der Waals surface area (Å²) in [5, 5.41) is 2.73. The molecule has 1 N–H and O–H groups in total. The van der Waals surface area contributed by atoms with E-state index in [1.54, 1.807) is 24.3 Å². The molecule has 0 radical (unpaired) electrons. The molecule has 2 amide bonds. The Bertz CT molecular complexity index is 1060. The van der Waals surface area contributed by atoms with Crippen LogP contribution in [-0.2, 0) is 19.6 Å². The number of aryl methyl sites for hydroxylation is 1. The highest BCUT2D eigenvalue weighted by atomic mass is 32.2. The third-order valence-corrected chi connectivity index (χ3v) is 6.94. The zero-order chi connectivity index (χ0) is 21.2. The first-order valence-corrected chi connectivity index (χ1v) is 10.8. The molecule has 0 bridgehead atoms. The highest BCUT2D eigenvalue weighted by Gasteiger charge is 2.43. The minimum Gasteiger partial charge on any atom is -0.354 e. The molecule has 1 atom stereocenters. The van der Waals surface area contributed by atoms with Gasteiger partial charge in [-0.15, -0.1) is 0 Å². The maximum Gasteiger partial charge on any atom is 0.268 e. The van der Waals surface area contributed by atoms with Gasteiger partial charge in [0.25, 0.3) is 15.9 Å². The molecule has 1 aliphatic heterocycles. The van der Waals surface area contributed by atoms with Crippen molar-refractivity contribution in [1.29, 1.82) is 0 Å². The van der Waals surface area contributed by atoms with Gasteiger partial charge in [-0.2, -0.15) is 0 Å². The molecular formula is C22H24N2O4S. The van der Waals surface area contributed by atoms with Gasteiger partial charge < -0.3 is 5.32 Å². The molecule has 6 nitrogen and oxygen atoms in total. The number of rotatable bonds is 6. The van der Waals surface area contributed by atoms with E-state index in [4.69, 9.17) is 0 Å². The van der Waals surface area contributed by atoms with Crippen LogP contribution in [0.1, 0.15) is 36.5 Å². The van der Waals surface area contributed by atoms with Crippen LogP contribution in [0.4, 0.5) is 0 Å². The monoisotopic (exact) mass is 412 g/mol. The summed E-state index contributed by atoms with van der Waals surface area (Å²) in [7, 11) is -4.08. The molecule has 2 aromatic carbocycles. The van der Waals surface area contributed by atoms with E-state index in [1.807, 2.05) is 44.2 Å². The van der Waals surface area contributed by atoms with Gasteiger partial charge in [0.2, 0.25) is 5.91 Å². The van der Waals surface area contributed by atoms with Crippen LogP contribution in [0.25, 0.3) is 4.91 Å². The average molecular weight is 413 g/mol. The summed E-state index contributed by atoms with van der Waals surface area (Å²) in [5.41, 5.74) is 2.62. The van der Waals surface area contributed by atoms with Crippen LogP contribution >= 0.6 is 0 Å². The summed E-state index contributed by atoms with van der Waals surface area (Å²) in [6.45, 7) is 5.16. The van der Waals surface area contributed by atoms with Crippen LogP contribution < -0.4 is 5.32 Å². The van der Waals surface area contributed by atoms with E-state index in [1.165, 1.54) is 6.92 Å². The van der Waals surface area contributed by atoms with Crippen LogP contribution in [0.3, 0.4) is 0 Å². The molecule has 0 saturated carbocycles. The number of sulfonamides is 1. The predicted molar refractivity (Wildman–Crippen MR) is 112 cm³/mol. The number of nitrogens with one attached hydrogen (secondary N) is 1. The normalized spacial score (nSPS) is 16.8. The average Bonchev–Trinajstić information content (AvgIpc) is 2.87. The van der Waals surface area contributed by atoms with E-state index in [9.17, 15) is 18.0 Å². The van der Waals surface area contributed by atoms with Crippen molar-refractivity contribution in [2.24, 2.45) is 0 Å². The standard InChI is InChI=1S/C22H24N2O4S/c1-15-9-11-19(12-10-15)21-17(3)22(26)24(29(21,27)28)14-20(25)23-13-16(2)18-7-5-4-6-8-18/h4-12,16H,13-14H2,1-3H3,(H,23,25). The van der Waals surface area contributed by atoms with Gasteiger partial charge in [0.1, 0.15) is 11.4 Å². The van der Waals surface area contributed by atoms with Gasteiger partial charge in [-0.3, -0.25) is 9.59 Å². The first kappa shape index (κ1) is 20.8. The molecule has 0 aromatic heterocycles. The second kappa shape index (κ2) is 8.21. The van der Waals surface area contributed by atoms with Crippen LogP contribution in [0.2, 0.25) is 0 Å². The summed E-state index contributed by atoms with van der Waals surface area (Å²) >= 11 is 0. The fourth-order valence-electron chi connectivity index (χ4n) is 3.28. The third kappa shape index (κ3) is 4.24. The second-order valence-electron chi connectivity index (χ2n) is 7.25. The number of amides is 2. The van der Waals surface area contributed by atoms with Crippen molar-refractivity contribution >= 4 is 26.7 Å². The largest absolute Gasteiger partial charge is 0.354 e. The van der Waals surface area contributed by atoms with Crippen molar-refractivity contribution in [3.63, 3.8) is 0 Å². The molecule has 29 heavy (non-hydrogen) atoms. The summed E-state index contributed by atoms with van der Waals surface area (Å²) in [6.07, 6.45) is 0. The minimum atomic E-state index is -4.08. The Morgan fingerprint density at radius 2 is 1.66 bits per heavy atom. The van der Waals surface area contributed by atoms with E-state index >= 15 is 0 Å². The minimum absolute atomic E-state index is 0.0343. The predicted octanol–water partition coefficient (Wildman–Crippen LogP) is 2.82. The van der Waals surface area contributed by atoms with Crippen molar-refractivity contribution in [2.75, 3.05) is 13.1 Å². The van der Waals surface area contributed by atoms with Gasteiger partial charge in [0.05, 0.1) is 0 Å². The first-order valence-electron chi connectivity index (χ1n) is 9.38. The Hall–Kier alpha value is -2.93. The molecule has 1 heterocycles. The van der Waals surface area contributed by atoms with E-state index in [0.717, 1.165) is 11.1 Å².